The van der Waals surface area contributed by atoms with Crippen molar-refractivity contribution in [2.24, 2.45) is 5.92 Å². The van der Waals surface area contributed by atoms with Crippen LogP contribution in [0.3, 0.4) is 0 Å². The zero-order valence-electron chi connectivity index (χ0n) is 12.0. The lowest BCUT2D eigenvalue weighted by molar-refractivity contribution is -0.117. The highest BCUT2D eigenvalue weighted by Crippen LogP contribution is 2.25. The standard InChI is InChI=1S/C15H20F2N2O2/c1-19(8-10-3-2-4-14(10)20)9-15(21)18-13-6-5-11(16)7-12(13)17/h5-7,10,14,20H,2-4,8-9H2,1H3,(H,18,21). The van der Waals surface area contributed by atoms with E-state index < -0.39 is 11.6 Å². The van der Waals surface area contributed by atoms with Gasteiger partial charge in [0.1, 0.15) is 11.6 Å². The Morgan fingerprint density at radius 3 is 2.81 bits per heavy atom. The van der Waals surface area contributed by atoms with Gasteiger partial charge in [-0.3, -0.25) is 9.69 Å². The minimum absolute atomic E-state index is 0.0318. The molecule has 0 bridgehead atoms. The van der Waals surface area contributed by atoms with E-state index in [2.05, 4.69) is 5.32 Å². The Morgan fingerprint density at radius 2 is 2.19 bits per heavy atom. The lowest BCUT2D eigenvalue weighted by Crippen LogP contribution is -2.35. The summed E-state index contributed by atoms with van der Waals surface area (Å²) in [6, 6.07) is 3.02. The molecule has 1 aromatic carbocycles. The summed E-state index contributed by atoms with van der Waals surface area (Å²) in [5, 5.41) is 12.2. The molecule has 2 unspecified atom stereocenters. The second kappa shape index (κ2) is 6.95. The van der Waals surface area contributed by atoms with Crippen molar-refractivity contribution >= 4 is 11.6 Å². The van der Waals surface area contributed by atoms with Crippen molar-refractivity contribution in [1.29, 1.82) is 0 Å². The fourth-order valence-corrected chi connectivity index (χ4v) is 2.72. The number of hydrogen-bond acceptors (Lipinski definition) is 3. The van der Waals surface area contributed by atoms with Crippen LogP contribution in [0, 0.1) is 17.6 Å². The lowest BCUT2D eigenvalue weighted by Gasteiger charge is -2.22. The van der Waals surface area contributed by atoms with Crippen LogP contribution in [0.2, 0.25) is 0 Å². The molecule has 0 saturated heterocycles. The van der Waals surface area contributed by atoms with Crippen molar-refractivity contribution in [3.8, 4) is 0 Å². The van der Waals surface area contributed by atoms with Crippen LogP contribution in [0.25, 0.3) is 0 Å². The lowest BCUT2D eigenvalue weighted by atomic mass is 10.1. The largest absolute Gasteiger partial charge is 0.393 e. The molecule has 0 aliphatic heterocycles. The predicted octanol–water partition coefficient (Wildman–Crippen LogP) is 2.00. The van der Waals surface area contributed by atoms with Crippen LogP contribution in [0.5, 0.6) is 0 Å². The molecule has 1 aromatic rings. The fourth-order valence-electron chi connectivity index (χ4n) is 2.72. The van der Waals surface area contributed by atoms with Crippen LogP contribution in [0.4, 0.5) is 14.5 Å². The predicted molar refractivity (Wildman–Crippen MR) is 75.8 cm³/mol. The third kappa shape index (κ3) is 4.47. The second-order valence-corrected chi connectivity index (χ2v) is 5.63. The van der Waals surface area contributed by atoms with Gasteiger partial charge >= 0.3 is 0 Å². The molecule has 2 atom stereocenters. The molecule has 0 spiro atoms. The molecular formula is C15H20F2N2O2. The van der Waals surface area contributed by atoms with Crippen molar-refractivity contribution < 1.29 is 18.7 Å². The summed E-state index contributed by atoms with van der Waals surface area (Å²) >= 11 is 0. The molecule has 2 N–H and O–H groups in total. The van der Waals surface area contributed by atoms with E-state index >= 15 is 0 Å². The average molecular weight is 298 g/mol. The van der Waals surface area contributed by atoms with E-state index in [9.17, 15) is 18.7 Å². The van der Waals surface area contributed by atoms with Gasteiger partial charge in [-0.15, -0.1) is 0 Å². The Bertz CT molecular complexity index is 510. The number of halogens is 2. The van der Waals surface area contributed by atoms with Crippen LogP contribution >= 0.6 is 0 Å². The number of anilines is 1. The number of nitrogens with one attached hydrogen (secondary N) is 1. The summed E-state index contributed by atoms with van der Waals surface area (Å²) in [5.41, 5.74) is -0.0318. The molecule has 1 aliphatic rings. The van der Waals surface area contributed by atoms with Crippen molar-refractivity contribution in [2.45, 2.75) is 25.4 Å². The van der Waals surface area contributed by atoms with E-state index in [0.717, 1.165) is 31.4 Å². The molecule has 2 rings (SSSR count). The minimum atomic E-state index is -0.794. The average Bonchev–Trinajstić information content (AvgIpc) is 2.78. The second-order valence-electron chi connectivity index (χ2n) is 5.63. The summed E-state index contributed by atoms with van der Waals surface area (Å²) in [6.45, 7) is 0.723. The number of carbonyl (C=O) groups excluding carboxylic acids is 1. The molecular weight excluding hydrogens is 278 g/mol. The quantitative estimate of drug-likeness (QED) is 0.874. The molecule has 21 heavy (non-hydrogen) atoms. The van der Waals surface area contributed by atoms with Gasteiger partial charge in [0.05, 0.1) is 18.3 Å². The van der Waals surface area contributed by atoms with Crippen molar-refractivity contribution in [3.63, 3.8) is 0 Å². The maximum Gasteiger partial charge on any atom is 0.238 e. The number of hydrogen-bond donors (Lipinski definition) is 2. The number of aliphatic hydroxyl groups is 1. The van der Waals surface area contributed by atoms with Crippen LogP contribution in [0.15, 0.2) is 18.2 Å². The topological polar surface area (TPSA) is 52.6 Å². The van der Waals surface area contributed by atoms with Gasteiger partial charge in [-0.2, -0.15) is 0 Å². The molecule has 0 aromatic heterocycles. The van der Waals surface area contributed by atoms with Crippen molar-refractivity contribution in [1.82, 2.24) is 4.90 Å². The molecule has 1 fully saturated rings. The number of rotatable bonds is 5. The van der Waals surface area contributed by atoms with Crippen LogP contribution in [-0.4, -0.2) is 42.2 Å². The van der Waals surface area contributed by atoms with E-state index in [1.165, 1.54) is 6.07 Å². The monoisotopic (exact) mass is 298 g/mol. The van der Waals surface area contributed by atoms with E-state index in [1.807, 2.05) is 0 Å². The smallest absolute Gasteiger partial charge is 0.238 e. The highest BCUT2D eigenvalue weighted by atomic mass is 19.1. The molecule has 1 amide bonds. The van der Waals surface area contributed by atoms with Gasteiger partial charge in [0.2, 0.25) is 5.91 Å². The Morgan fingerprint density at radius 1 is 1.43 bits per heavy atom. The van der Waals surface area contributed by atoms with E-state index in [4.69, 9.17) is 0 Å². The summed E-state index contributed by atoms with van der Waals surface area (Å²) < 4.78 is 26.2. The first kappa shape index (κ1) is 15.9. The number of likely N-dealkylation sites (N-methyl/N-ethyl adjacent to an activating group) is 1. The van der Waals surface area contributed by atoms with Crippen LogP contribution in [0.1, 0.15) is 19.3 Å². The summed E-state index contributed by atoms with van der Waals surface area (Å²) in [6.07, 6.45) is 2.47. The van der Waals surface area contributed by atoms with Gasteiger partial charge in [0.25, 0.3) is 0 Å². The zero-order valence-corrected chi connectivity index (χ0v) is 12.0. The van der Waals surface area contributed by atoms with Gasteiger partial charge in [-0.1, -0.05) is 6.42 Å². The third-order valence-corrected chi connectivity index (χ3v) is 3.78. The Kier molecular flexibility index (Phi) is 5.25. The highest BCUT2D eigenvalue weighted by Gasteiger charge is 2.26. The molecule has 1 saturated carbocycles. The first-order valence-corrected chi connectivity index (χ1v) is 7.07. The number of aliphatic hydroxyl groups excluding tert-OH is 1. The SMILES string of the molecule is CN(CC(=O)Nc1ccc(F)cc1F)CC1CCCC1O. The van der Waals surface area contributed by atoms with E-state index in [1.54, 1.807) is 11.9 Å². The third-order valence-electron chi connectivity index (χ3n) is 3.78. The number of benzene rings is 1. The van der Waals surface area contributed by atoms with Gasteiger partial charge in [-0.25, -0.2) is 8.78 Å². The number of carbonyl (C=O) groups is 1. The first-order valence-electron chi connectivity index (χ1n) is 7.07. The highest BCUT2D eigenvalue weighted by molar-refractivity contribution is 5.92. The van der Waals surface area contributed by atoms with Gasteiger partial charge in [0, 0.05) is 12.6 Å². The molecule has 6 heteroatoms. The maximum absolute atomic E-state index is 13.4. The van der Waals surface area contributed by atoms with Gasteiger partial charge in [-0.05, 0) is 37.9 Å². The van der Waals surface area contributed by atoms with Crippen LogP contribution in [-0.2, 0) is 4.79 Å². The molecule has 116 valence electrons. The van der Waals surface area contributed by atoms with Gasteiger partial charge in [0.15, 0.2) is 0 Å². The summed E-state index contributed by atoms with van der Waals surface area (Å²) in [4.78, 5) is 13.6. The first-order chi connectivity index (χ1) is 9.95. The van der Waals surface area contributed by atoms with Gasteiger partial charge < -0.3 is 10.4 Å². The fraction of sp³-hybridized carbons (Fsp3) is 0.533. The van der Waals surface area contributed by atoms with E-state index in [0.29, 0.717) is 6.54 Å². The molecule has 0 radical (unpaired) electrons. The normalized spacial score (nSPS) is 21.8. The Balaban J connectivity index is 1.83. The molecule has 1 aliphatic carbocycles. The summed E-state index contributed by atoms with van der Waals surface area (Å²) in [5.74, 6) is -1.66. The number of nitrogens with zero attached hydrogens (tertiary/aromatic N) is 1. The zero-order chi connectivity index (χ0) is 15.4. The van der Waals surface area contributed by atoms with Crippen molar-refractivity contribution in [3.05, 3.63) is 29.8 Å². The summed E-state index contributed by atoms with van der Waals surface area (Å²) in [7, 11) is 1.78. The molecule has 0 heterocycles. The Hall–Kier alpha value is -1.53. The molecule has 4 nitrogen and oxygen atoms in total. The Labute approximate surface area is 122 Å². The minimum Gasteiger partial charge on any atom is -0.393 e. The number of amides is 1. The van der Waals surface area contributed by atoms with Crippen molar-refractivity contribution in [2.75, 3.05) is 25.5 Å². The maximum atomic E-state index is 13.4. The van der Waals surface area contributed by atoms with Crippen LogP contribution < -0.4 is 5.32 Å². The van der Waals surface area contributed by atoms with E-state index in [-0.39, 0.29) is 30.2 Å².